The molecule has 0 aliphatic carbocycles. The Hall–Kier alpha value is -0.520. The number of carbonyl (C=O) groups is 1. The summed E-state index contributed by atoms with van der Waals surface area (Å²) in [7, 11) is 1.88. The Morgan fingerprint density at radius 1 is 1.50 bits per heavy atom. The van der Waals surface area contributed by atoms with Crippen molar-refractivity contribution >= 4 is 34.2 Å². The van der Waals surface area contributed by atoms with Gasteiger partial charge < -0.3 is 15.2 Å². The predicted molar refractivity (Wildman–Crippen MR) is 78.3 cm³/mol. The third kappa shape index (κ3) is 3.49. The monoisotopic (exact) mass is 335 g/mol. The Kier molecular flexibility index (Phi) is 5.25. The number of aryl methyl sites for hydroxylation is 1. The van der Waals surface area contributed by atoms with Crippen LogP contribution in [0.3, 0.4) is 0 Å². The number of hydrogen-bond acceptors (Lipinski definition) is 2. The lowest BCUT2D eigenvalue weighted by molar-refractivity contribution is 0.0879. The van der Waals surface area contributed by atoms with E-state index in [9.17, 15) is 4.79 Å². The van der Waals surface area contributed by atoms with Crippen molar-refractivity contribution in [3.63, 3.8) is 0 Å². The molecule has 2 N–H and O–H groups in total. The highest BCUT2D eigenvalue weighted by Crippen LogP contribution is 2.19. The summed E-state index contributed by atoms with van der Waals surface area (Å²) < 4.78 is 2.77. The Morgan fingerprint density at radius 3 is 2.61 bits per heavy atom. The number of nitrogens with zero attached hydrogens (tertiary/aromatic N) is 1. The molecule has 6 heteroatoms. The normalized spacial score (nSPS) is 17.9. The van der Waals surface area contributed by atoms with E-state index in [4.69, 9.17) is 0 Å². The lowest BCUT2D eigenvalue weighted by atomic mass is 9.90. The second kappa shape index (κ2) is 6.08. The molecule has 102 valence electrons. The SMILES string of the molecule is Cl.Cn1cc(Br)cc1C(=O)NC1(C)CCNCC1. The van der Waals surface area contributed by atoms with E-state index in [0.717, 1.165) is 30.4 Å². The van der Waals surface area contributed by atoms with Crippen molar-refractivity contribution in [1.82, 2.24) is 15.2 Å². The number of aromatic nitrogens is 1. The lowest BCUT2D eigenvalue weighted by Gasteiger charge is -2.35. The quantitative estimate of drug-likeness (QED) is 0.868. The summed E-state index contributed by atoms with van der Waals surface area (Å²) in [6.07, 6.45) is 3.84. The molecule has 1 aromatic heterocycles. The van der Waals surface area contributed by atoms with E-state index in [1.54, 1.807) is 0 Å². The highest BCUT2D eigenvalue weighted by atomic mass is 79.9. The van der Waals surface area contributed by atoms with E-state index in [1.807, 2.05) is 23.9 Å². The van der Waals surface area contributed by atoms with Crippen LogP contribution >= 0.6 is 28.3 Å². The highest BCUT2D eigenvalue weighted by molar-refractivity contribution is 9.10. The van der Waals surface area contributed by atoms with Crippen molar-refractivity contribution in [3.8, 4) is 0 Å². The Bertz CT molecular complexity index is 427. The molecule has 0 saturated carbocycles. The average Bonchev–Trinajstić information content (AvgIpc) is 2.58. The Balaban J connectivity index is 0.00000162. The van der Waals surface area contributed by atoms with Crippen LogP contribution in [0.2, 0.25) is 0 Å². The molecule has 4 nitrogen and oxygen atoms in total. The first kappa shape index (κ1) is 15.5. The third-order valence-corrected chi connectivity index (χ3v) is 3.76. The van der Waals surface area contributed by atoms with Crippen LogP contribution in [0.1, 0.15) is 30.3 Å². The second-order valence-corrected chi connectivity index (χ2v) is 5.83. The number of hydrogen-bond donors (Lipinski definition) is 2. The predicted octanol–water partition coefficient (Wildman–Crippen LogP) is 2.08. The van der Waals surface area contributed by atoms with Crippen LogP contribution in [0.15, 0.2) is 16.7 Å². The number of carbonyl (C=O) groups excluding carboxylic acids is 1. The summed E-state index contributed by atoms with van der Waals surface area (Å²) in [5.74, 6) is 0.00241. The van der Waals surface area contributed by atoms with E-state index in [0.29, 0.717) is 5.69 Å². The van der Waals surface area contributed by atoms with E-state index in [2.05, 4.69) is 33.5 Å². The maximum Gasteiger partial charge on any atom is 0.268 e. The van der Waals surface area contributed by atoms with Crippen LogP contribution in [0, 0.1) is 0 Å². The van der Waals surface area contributed by atoms with Gasteiger partial charge in [-0.25, -0.2) is 0 Å². The molecule has 2 rings (SSSR count). The first-order chi connectivity index (χ1) is 8.00. The van der Waals surface area contributed by atoms with Gasteiger partial charge in [0.1, 0.15) is 5.69 Å². The summed E-state index contributed by atoms with van der Waals surface area (Å²) in [6.45, 7) is 4.05. The maximum atomic E-state index is 12.2. The first-order valence-corrected chi connectivity index (χ1v) is 6.65. The van der Waals surface area contributed by atoms with Crippen LogP contribution in [0.25, 0.3) is 0 Å². The molecule has 0 aromatic carbocycles. The smallest absolute Gasteiger partial charge is 0.268 e. The second-order valence-electron chi connectivity index (χ2n) is 4.92. The van der Waals surface area contributed by atoms with Gasteiger partial charge in [0.2, 0.25) is 0 Å². The fourth-order valence-electron chi connectivity index (χ4n) is 2.19. The van der Waals surface area contributed by atoms with Gasteiger partial charge in [0.15, 0.2) is 0 Å². The fraction of sp³-hybridized carbons (Fsp3) is 0.583. The van der Waals surface area contributed by atoms with E-state index < -0.39 is 0 Å². The van der Waals surface area contributed by atoms with E-state index >= 15 is 0 Å². The molecule has 0 atom stereocenters. The molecular formula is C12H19BrClN3O. The van der Waals surface area contributed by atoms with Crippen LogP contribution in [-0.2, 0) is 7.05 Å². The zero-order chi connectivity index (χ0) is 12.5. The molecule has 0 radical (unpaired) electrons. The molecule has 0 spiro atoms. The van der Waals surface area contributed by atoms with Gasteiger partial charge in [0.25, 0.3) is 5.91 Å². The minimum atomic E-state index is -0.0842. The van der Waals surface area contributed by atoms with E-state index in [-0.39, 0.29) is 23.9 Å². The maximum absolute atomic E-state index is 12.2. The van der Waals surface area contributed by atoms with Crippen molar-refractivity contribution in [2.24, 2.45) is 7.05 Å². The highest BCUT2D eigenvalue weighted by Gasteiger charge is 2.29. The third-order valence-electron chi connectivity index (χ3n) is 3.33. The zero-order valence-corrected chi connectivity index (χ0v) is 13.0. The molecule has 2 heterocycles. The van der Waals surface area contributed by atoms with Crippen LogP contribution < -0.4 is 10.6 Å². The molecule has 0 bridgehead atoms. The molecule has 1 aliphatic rings. The molecule has 1 amide bonds. The largest absolute Gasteiger partial charge is 0.346 e. The number of piperidine rings is 1. The van der Waals surface area contributed by atoms with Gasteiger partial charge in [-0.15, -0.1) is 12.4 Å². The standard InChI is InChI=1S/C12H18BrN3O.ClH/c1-12(3-5-14-6-4-12)15-11(17)10-7-9(13)8-16(10)2;/h7-8,14H,3-6H2,1-2H3,(H,15,17);1H. The molecule has 1 saturated heterocycles. The van der Waals surface area contributed by atoms with Gasteiger partial charge in [-0.1, -0.05) is 0 Å². The number of nitrogens with one attached hydrogen (secondary N) is 2. The zero-order valence-electron chi connectivity index (χ0n) is 10.6. The summed E-state index contributed by atoms with van der Waals surface area (Å²) >= 11 is 3.38. The van der Waals surface area contributed by atoms with Crippen LogP contribution in [0.4, 0.5) is 0 Å². The fourth-order valence-corrected chi connectivity index (χ4v) is 2.72. The first-order valence-electron chi connectivity index (χ1n) is 5.85. The van der Waals surface area contributed by atoms with Crippen molar-refractivity contribution in [3.05, 3.63) is 22.4 Å². The summed E-state index contributed by atoms with van der Waals surface area (Å²) in [5.41, 5.74) is 0.607. The van der Waals surface area contributed by atoms with Gasteiger partial charge in [-0.2, -0.15) is 0 Å². The van der Waals surface area contributed by atoms with Gasteiger partial charge >= 0.3 is 0 Å². The topological polar surface area (TPSA) is 46.1 Å². The molecule has 0 unspecified atom stereocenters. The van der Waals surface area contributed by atoms with Crippen molar-refractivity contribution < 1.29 is 4.79 Å². The van der Waals surface area contributed by atoms with Gasteiger partial charge in [-0.3, -0.25) is 4.79 Å². The van der Waals surface area contributed by atoms with Gasteiger partial charge in [-0.05, 0) is 54.9 Å². The minimum absolute atomic E-state index is 0. The molecule has 1 aromatic rings. The molecular weight excluding hydrogens is 318 g/mol. The van der Waals surface area contributed by atoms with E-state index in [1.165, 1.54) is 0 Å². The van der Waals surface area contributed by atoms with Gasteiger partial charge in [0, 0.05) is 23.3 Å². The average molecular weight is 337 g/mol. The van der Waals surface area contributed by atoms with Crippen molar-refractivity contribution in [2.45, 2.75) is 25.3 Å². The summed E-state index contributed by atoms with van der Waals surface area (Å²) in [4.78, 5) is 12.2. The van der Waals surface area contributed by atoms with Crippen LogP contribution in [-0.4, -0.2) is 29.1 Å². The van der Waals surface area contributed by atoms with Gasteiger partial charge in [0.05, 0.1) is 0 Å². The number of rotatable bonds is 2. The number of halogens is 2. The van der Waals surface area contributed by atoms with Crippen LogP contribution in [0.5, 0.6) is 0 Å². The van der Waals surface area contributed by atoms with Crippen molar-refractivity contribution in [1.29, 1.82) is 0 Å². The van der Waals surface area contributed by atoms with Crippen molar-refractivity contribution in [2.75, 3.05) is 13.1 Å². The molecule has 18 heavy (non-hydrogen) atoms. The summed E-state index contributed by atoms with van der Waals surface area (Å²) in [6, 6.07) is 1.85. The molecule has 1 aliphatic heterocycles. The number of amides is 1. The Labute approximate surface area is 122 Å². The Morgan fingerprint density at radius 2 is 2.11 bits per heavy atom. The molecule has 1 fully saturated rings. The minimum Gasteiger partial charge on any atom is -0.346 e. The lowest BCUT2D eigenvalue weighted by Crippen LogP contribution is -2.52. The summed E-state index contributed by atoms with van der Waals surface area (Å²) in [5, 5.41) is 6.45.